The number of benzene rings is 1. The fourth-order valence-electron chi connectivity index (χ4n) is 1.61. The molecule has 1 aromatic carbocycles. The molecule has 0 radical (unpaired) electrons. The molecule has 1 heterocycles. The van der Waals surface area contributed by atoms with E-state index in [1.165, 1.54) is 4.57 Å². The van der Waals surface area contributed by atoms with Crippen LogP contribution in [0.5, 0.6) is 5.75 Å². The Morgan fingerprint density at radius 1 is 1.29 bits per heavy atom. The van der Waals surface area contributed by atoms with Crippen LogP contribution in [-0.4, -0.2) is 9.67 Å². The van der Waals surface area contributed by atoms with E-state index >= 15 is 0 Å². The smallest absolute Gasteiger partial charge is 0.251 e. The van der Waals surface area contributed by atoms with Crippen LogP contribution in [-0.2, 0) is 7.05 Å². The largest absolute Gasteiger partial charge is 0.508 e. The van der Waals surface area contributed by atoms with E-state index in [0.717, 1.165) is 16.5 Å². The third-order valence-corrected chi connectivity index (χ3v) is 2.44. The lowest BCUT2D eigenvalue weighted by molar-refractivity contribution is 0.476. The highest BCUT2D eigenvalue weighted by molar-refractivity contribution is 5.83. The summed E-state index contributed by atoms with van der Waals surface area (Å²) < 4.78 is 1.53. The Morgan fingerprint density at radius 3 is 2.71 bits per heavy atom. The lowest BCUT2D eigenvalue weighted by Crippen LogP contribution is -2.16. The zero-order chi connectivity index (χ0) is 10.3. The molecule has 2 aromatic rings. The first-order valence-electron chi connectivity index (χ1n) is 4.39. The van der Waals surface area contributed by atoms with Crippen LogP contribution in [0.25, 0.3) is 10.9 Å². The number of fused-ring (bicyclic) bond motifs is 1. The SMILES string of the molecule is Cc1cc(=O)n(C)c2cc(O)ccc12. The second kappa shape index (κ2) is 2.87. The predicted molar refractivity (Wildman–Crippen MR) is 55.6 cm³/mol. The molecule has 0 saturated heterocycles. The molecular weight excluding hydrogens is 178 g/mol. The van der Waals surface area contributed by atoms with Crippen LogP contribution >= 0.6 is 0 Å². The van der Waals surface area contributed by atoms with Crippen molar-refractivity contribution in [3.8, 4) is 5.75 Å². The van der Waals surface area contributed by atoms with Crippen molar-refractivity contribution in [2.45, 2.75) is 6.92 Å². The van der Waals surface area contributed by atoms with Crippen molar-refractivity contribution in [3.63, 3.8) is 0 Å². The molecule has 0 fully saturated rings. The second-order valence-corrected chi connectivity index (χ2v) is 3.43. The summed E-state index contributed by atoms with van der Waals surface area (Å²) in [4.78, 5) is 11.4. The van der Waals surface area contributed by atoms with Gasteiger partial charge in [0.1, 0.15) is 5.75 Å². The normalized spacial score (nSPS) is 10.7. The van der Waals surface area contributed by atoms with Crippen molar-refractivity contribution in [3.05, 3.63) is 40.2 Å². The van der Waals surface area contributed by atoms with E-state index in [2.05, 4.69) is 0 Å². The summed E-state index contributed by atoms with van der Waals surface area (Å²) in [6.07, 6.45) is 0. The first-order chi connectivity index (χ1) is 6.59. The average Bonchev–Trinajstić information content (AvgIpc) is 2.14. The molecule has 3 nitrogen and oxygen atoms in total. The molecule has 0 bridgehead atoms. The minimum absolute atomic E-state index is 0.0550. The number of aromatic nitrogens is 1. The van der Waals surface area contributed by atoms with Gasteiger partial charge in [0, 0.05) is 24.6 Å². The van der Waals surface area contributed by atoms with Gasteiger partial charge in [-0.15, -0.1) is 0 Å². The number of rotatable bonds is 0. The molecule has 0 saturated carbocycles. The number of aryl methyl sites for hydroxylation is 2. The van der Waals surface area contributed by atoms with Gasteiger partial charge < -0.3 is 9.67 Å². The van der Waals surface area contributed by atoms with Gasteiger partial charge in [0.2, 0.25) is 0 Å². The quantitative estimate of drug-likeness (QED) is 0.683. The van der Waals surface area contributed by atoms with E-state index in [9.17, 15) is 9.90 Å². The Morgan fingerprint density at radius 2 is 2.00 bits per heavy atom. The van der Waals surface area contributed by atoms with E-state index in [0.29, 0.717) is 0 Å². The summed E-state index contributed by atoms with van der Waals surface area (Å²) in [7, 11) is 1.70. The van der Waals surface area contributed by atoms with E-state index < -0.39 is 0 Å². The molecular formula is C11H11NO2. The second-order valence-electron chi connectivity index (χ2n) is 3.43. The predicted octanol–water partition coefficient (Wildman–Crippen LogP) is 1.55. The molecule has 14 heavy (non-hydrogen) atoms. The zero-order valence-corrected chi connectivity index (χ0v) is 8.11. The Hall–Kier alpha value is -1.77. The third kappa shape index (κ3) is 1.18. The number of nitrogens with zero attached hydrogens (tertiary/aromatic N) is 1. The van der Waals surface area contributed by atoms with Crippen LogP contribution in [0.4, 0.5) is 0 Å². The summed E-state index contributed by atoms with van der Waals surface area (Å²) in [5.74, 6) is 0.179. The van der Waals surface area contributed by atoms with Crippen LogP contribution in [0.1, 0.15) is 5.56 Å². The average molecular weight is 189 g/mol. The maximum absolute atomic E-state index is 11.4. The number of hydrogen-bond donors (Lipinski definition) is 1. The molecule has 72 valence electrons. The minimum Gasteiger partial charge on any atom is -0.508 e. The van der Waals surface area contributed by atoms with Crippen molar-refractivity contribution in [2.24, 2.45) is 7.05 Å². The summed E-state index contributed by atoms with van der Waals surface area (Å²) >= 11 is 0. The number of pyridine rings is 1. The maximum Gasteiger partial charge on any atom is 0.251 e. The topological polar surface area (TPSA) is 42.2 Å². The van der Waals surface area contributed by atoms with Crippen LogP contribution in [0.3, 0.4) is 0 Å². The minimum atomic E-state index is -0.0550. The molecule has 0 aliphatic heterocycles. The monoisotopic (exact) mass is 189 g/mol. The van der Waals surface area contributed by atoms with Gasteiger partial charge in [-0.3, -0.25) is 4.79 Å². The number of aromatic hydroxyl groups is 1. The molecule has 1 aromatic heterocycles. The maximum atomic E-state index is 11.4. The summed E-state index contributed by atoms with van der Waals surface area (Å²) in [5.41, 5.74) is 1.64. The zero-order valence-electron chi connectivity index (χ0n) is 8.11. The lowest BCUT2D eigenvalue weighted by atomic mass is 10.1. The lowest BCUT2D eigenvalue weighted by Gasteiger charge is -2.07. The van der Waals surface area contributed by atoms with Crippen molar-refractivity contribution < 1.29 is 5.11 Å². The van der Waals surface area contributed by atoms with Crippen LogP contribution < -0.4 is 5.56 Å². The van der Waals surface area contributed by atoms with Crippen molar-refractivity contribution in [1.29, 1.82) is 0 Å². The molecule has 0 spiro atoms. The number of phenols is 1. The van der Waals surface area contributed by atoms with Gasteiger partial charge in [0.05, 0.1) is 5.52 Å². The van der Waals surface area contributed by atoms with Crippen LogP contribution in [0, 0.1) is 6.92 Å². The Balaban J connectivity index is 3.03. The van der Waals surface area contributed by atoms with Crippen molar-refractivity contribution in [1.82, 2.24) is 4.57 Å². The summed E-state index contributed by atoms with van der Waals surface area (Å²) in [6, 6.07) is 6.64. The van der Waals surface area contributed by atoms with Gasteiger partial charge in [-0.25, -0.2) is 0 Å². The van der Waals surface area contributed by atoms with E-state index in [1.807, 2.05) is 13.0 Å². The summed E-state index contributed by atoms with van der Waals surface area (Å²) in [6.45, 7) is 1.89. The van der Waals surface area contributed by atoms with Gasteiger partial charge in [-0.1, -0.05) is 0 Å². The number of phenolic OH excluding ortho intramolecular Hbond substituents is 1. The molecule has 0 aliphatic carbocycles. The van der Waals surface area contributed by atoms with E-state index in [-0.39, 0.29) is 11.3 Å². The van der Waals surface area contributed by atoms with Crippen LogP contribution in [0.2, 0.25) is 0 Å². The van der Waals surface area contributed by atoms with Gasteiger partial charge in [-0.05, 0) is 24.6 Å². The fourth-order valence-corrected chi connectivity index (χ4v) is 1.61. The highest BCUT2D eigenvalue weighted by atomic mass is 16.3. The standard InChI is InChI=1S/C11H11NO2/c1-7-5-11(14)12(2)10-6-8(13)3-4-9(7)10/h3-6,13H,1-2H3. The Labute approximate surface area is 81.2 Å². The molecule has 2 rings (SSSR count). The van der Waals surface area contributed by atoms with E-state index in [4.69, 9.17) is 0 Å². The Bertz CT molecular complexity index is 555. The first kappa shape index (κ1) is 8.81. The molecule has 0 unspecified atom stereocenters. The molecule has 0 atom stereocenters. The van der Waals surface area contributed by atoms with E-state index in [1.54, 1.807) is 25.2 Å². The van der Waals surface area contributed by atoms with Gasteiger partial charge in [0.25, 0.3) is 5.56 Å². The van der Waals surface area contributed by atoms with Gasteiger partial charge >= 0.3 is 0 Å². The molecule has 0 amide bonds. The van der Waals surface area contributed by atoms with Gasteiger partial charge in [0.15, 0.2) is 0 Å². The van der Waals surface area contributed by atoms with Crippen molar-refractivity contribution >= 4 is 10.9 Å². The molecule has 0 aliphatic rings. The number of hydrogen-bond acceptors (Lipinski definition) is 2. The third-order valence-electron chi connectivity index (χ3n) is 2.44. The Kier molecular flexibility index (Phi) is 1.81. The molecule has 1 N–H and O–H groups in total. The molecule has 3 heteroatoms. The van der Waals surface area contributed by atoms with Crippen LogP contribution in [0.15, 0.2) is 29.1 Å². The highest BCUT2D eigenvalue weighted by Gasteiger charge is 2.03. The first-order valence-corrected chi connectivity index (χ1v) is 4.39. The fraction of sp³-hybridized carbons (Fsp3) is 0.182. The highest BCUT2D eigenvalue weighted by Crippen LogP contribution is 2.20. The summed E-state index contributed by atoms with van der Waals surface area (Å²) in [5, 5.41) is 10.3. The van der Waals surface area contributed by atoms with Crippen molar-refractivity contribution in [2.75, 3.05) is 0 Å². The van der Waals surface area contributed by atoms with Gasteiger partial charge in [-0.2, -0.15) is 0 Å².